The summed E-state index contributed by atoms with van der Waals surface area (Å²) in [5, 5.41) is 19.9. The van der Waals surface area contributed by atoms with Crippen LogP contribution in [0.25, 0.3) is 0 Å². The Kier molecular flexibility index (Phi) is 14.0. The number of rotatable bonds is 15. The predicted molar refractivity (Wildman–Crippen MR) is 185 cm³/mol. The summed E-state index contributed by atoms with van der Waals surface area (Å²) in [6, 6.07) is 2.79. The molecule has 1 aliphatic carbocycles. The molecule has 1 heterocycles. The molecule has 1 fully saturated rings. The lowest BCUT2D eigenvalue weighted by Gasteiger charge is -2.37. The number of anilines is 2. The lowest BCUT2D eigenvalue weighted by molar-refractivity contribution is -0.143. The van der Waals surface area contributed by atoms with E-state index in [4.69, 9.17) is 4.74 Å². The van der Waals surface area contributed by atoms with Crippen molar-refractivity contribution in [2.45, 2.75) is 76.8 Å². The smallest absolute Gasteiger partial charge is 0.416 e. The Morgan fingerprint density at radius 1 is 0.944 bits per heavy atom. The molecule has 1 saturated carbocycles. The van der Waals surface area contributed by atoms with Crippen LogP contribution in [0.3, 0.4) is 0 Å². The maximum Gasteiger partial charge on any atom is 0.416 e. The monoisotopic (exact) mass is 796 g/mol. The first-order valence-electron chi connectivity index (χ1n) is 17.1. The minimum atomic E-state index is -5.15. The van der Waals surface area contributed by atoms with Crippen LogP contribution in [0.15, 0.2) is 48.8 Å². The van der Waals surface area contributed by atoms with Gasteiger partial charge in [0.2, 0.25) is 5.95 Å². The number of alkyl halides is 9. The second-order valence-electron chi connectivity index (χ2n) is 13.2. The van der Waals surface area contributed by atoms with Gasteiger partial charge in [-0.2, -0.15) is 51.3 Å². The van der Waals surface area contributed by atoms with E-state index in [0.717, 1.165) is 12.1 Å². The Bertz CT molecular complexity index is 1680. The average Bonchev–Trinajstić information content (AvgIpc) is 3.09. The fraction of sp³-hybridized carbons (Fsp3) is 0.528. The van der Waals surface area contributed by atoms with Crippen molar-refractivity contribution in [3.05, 3.63) is 76.6 Å². The molecule has 0 amide bonds. The number of aliphatic carboxylic acids is 1. The van der Waals surface area contributed by atoms with E-state index in [-0.39, 0.29) is 61.8 Å². The third kappa shape index (κ3) is 11.3. The molecule has 0 saturated heterocycles. The third-order valence-corrected chi connectivity index (χ3v) is 10.0. The highest BCUT2D eigenvalue weighted by molar-refractivity contribution is 7.98. The highest BCUT2D eigenvalue weighted by atomic mass is 32.2. The first-order chi connectivity index (χ1) is 25.2. The van der Waals surface area contributed by atoms with Gasteiger partial charge in [0.25, 0.3) is 0 Å². The van der Waals surface area contributed by atoms with Gasteiger partial charge < -0.3 is 24.7 Å². The van der Waals surface area contributed by atoms with Crippen LogP contribution in [0, 0.1) is 11.8 Å². The summed E-state index contributed by atoms with van der Waals surface area (Å²) in [4.78, 5) is 22.8. The quantitative estimate of drug-likeness (QED) is 0.115. The minimum absolute atomic E-state index is 0.00606. The van der Waals surface area contributed by atoms with Crippen molar-refractivity contribution >= 4 is 29.4 Å². The van der Waals surface area contributed by atoms with Crippen LogP contribution in [0.5, 0.6) is 5.75 Å². The van der Waals surface area contributed by atoms with Gasteiger partial charge in [-0.1, -0.05) is 0 Å². The minimum Gasteiger partial charge on any atom is -0.489 e. The number of hydrogen-bond donors (Lipinski definition) is 2. The van der Waals surface area contributed by atoms with Gasteiger partial charge in [-0.15, -0.1) is 0 Å². The molecule has 0 spiro atoms. The average molecular weight is 797 g/mol. The molecule has 18 heteroatoms. The summed E-state index contributed by atoms with van der Waals surface area (Å²) in [7, 11) is 0. The maximum absolute atomic E-state index is 14.1. The summed E-state index contributed by atoms with van der Waals surface area (Å²) in [6.45, 7) is 3.42. The number of ether oxygens (including phenoxy) is 1. The fourth-order valence-corrected chi connectivity index (χ4v) is 6.82. The van der Waals surface area contributed by atoms with E-state index in [0.29, 0.717) is 36.4 Å². The van der Waals surface area contributed by atoms with E-state index in [2.05, 4.69) is 9.97 Å². The van der Waals surface area contributed by atoms with Gasteiger partial charge in [0.1, 0.15) is 0 Å². The Balaban J connectivity index is 1.81. The van der Waals surface area contributed by atoms with Crippen LogP contribution in [-0.4, -0.2) is 64.0 Å². The normalized spacial score (nSPS) is 18.6. The van der Waals surface area contributed by atoms with E-state index in [9.17, 15) is 54.5 Å². The highest BCUT2D eigenvalue weighted by Crippen LogP contribution is 2.41. The molecular weight excluding hydrogens is 755 g/mol. The van der Waals surface area contributed by atoms with Crippen LogP contribution in [0.4, 0.5) is 51.1 Å². The summed E-state index contributed by atoms with van der Waals surface area (Å²) < 4.78 is 131. The zero-order valence-corrected chi connectivity index (χ0v) is 30.4. The van der Waals surface area contributed by atoms with E-state index in [1.54, 1.807) is 11.8 Å². The number of aliphatic hydroxyl groups is 1. The van der Waals surface area contributed by atoms with Crippen LogP contribution < -0.4 is 14.5 Å². The Hall–Kier alpha value is -3.93. The van der Waals surface area contributed by atoms with Crippen molar-refractivity contribution in [1.82, 2.24) is 9.97 Å². The molecule has 2 N–H and O–H groups in total. The zero-order valence-electron chi connectivity index (χ0n) is 29.6. The van der Waals surface area contributed by atoms with E-state index in [1.165, 1.54) is 42.0 Å². The number of benzene rings is 2. The molecule has 4 rings (SSSR count). The number of carboxylic acid groups (broad SMARTS) is 1. The van der Waals surface area contributed by atoms with Crippen molar-refractivity contribution < 1.29 is 59.3 Å². The number of nitrogens with zero attached hydrogens (tertiary/aromatic N) is 4. The Labute approximate surface area is 310 Å². The molecule has 1 aliphatic rings. The fourth-order valence-electron chi connectivity index (χ4n) is 6.57. The van der Waals surface area contributed by atoms with Crippen LogP contribution in [-0.2, 0) is 29.9 Å². The van der Waals surface area contributed by atoms with Gasteiger partial charge in [0, 0.05) is 31.1 Å². The van der Waals surface area contributed by atoms with Crippen molar-refractivity contribution in [1.29, 1.82) is 0 Å². The van der Waals surface area contributed by atoms with Gasteiger partial charge in [0.15, 0.2) is 5.75 Å². The number of carbonyl (C=O) groups is 1. The number of aliphatic hydroxyl groups excluding tert-OH is 1. The molecule has 3 aromatic rings. The number of halogens is 9. The largest absolute Gasteiger partial charge is 0.489 e. The molecule has 0 radical (unpaired) electrons. The number of carboxylic acids is 1. The van der Waals surface area contributed by atoms with Crippen LogP contribution >= 0.6 is 11.8 Å². The molecule has 2 aromatic carbocycles. The maximum atomic E-state index is 14.1. The lowest BCUT2D eigenvalue weighted by Crippen LogP contribution is -2.38. The molecule has 4 atom stereocenters. The van der Waals surface area contributed by atoms with E-state index < -0.39 is 71.4 Å². The van der Waals surface area contributed by atoms with Gasteiger partial charge in [0.05, 0.1) is 54.3 Å². The summed E-state index contributed by atoms with van der Waals surface area (Å²) in [5.41, 5.74) is -4.25. The standard InChI is InChI=1S/C36H41F9N4O4S/c1-4-48(19-22-5-6-23(15-32(51)52)31(50)11-22)30-8-7-26(34(37,38)39)14-25(30)20-49(33-46-17-29(18-47-33)53-9-10-54-3)21(2)24-12-27(35(40,41)42)16-28(13-24)36(43,44)45/h7-8,12-14,16-18,21-23,31,50H,4-6,9-11,15,19-20H2,1-3H3,(H,51,52)/t21-,22+,23-,31+/m0/s1. The highest BCUT2D eigenvalue weighted by Gasteiger charge is 2.39. The Morgan fingerprint density at radius 2 is 1.56 bits per heavy atom. The predicted octanol–water partition coefficient (Wildman–Crippen LogP) is 9.12. The van der Waals surface area contributed by atoms with Gasteiger partial charge >= 0.3 is 24.5 Å². The van der Waals surface area contributed by atoms with Crippen molar-refractivity contribution in [3.63, 3.8) is 0 Å². The number of aromatic nitrogens is 2. The SMILES string of the molecule is CCN(C[C@@H]1CC[C@@H](CC(=O)O)[C@H](O)C1)c1ccc(C(F)(F)F)cc1CN(c1ncc(OCCSC)cn1)[C@@H](C)c1cc(C(F)(F)F)cc(C(F)(F)F)c1. The molecule has 0 bridgehead atoms. The van der Waals surface area contributed by atoms with E-state index in [1.807, 2.05) is 6.26 Å². The van der Waals surface area contributed by atoms with Crippen molar-refractivity contribution in [3.8, 4) is 5.75 Å². The summed E-state index contributed by atoms with van der Waals surface area (Å²) in [6.07, 6.45) is -10.6. The third-order valence-electron chi connectivity index (χ3n) is 9.44. The number of hydrogen-bond acceptors (Lipinski definition) is 8. The van der Waals surface area contributed by atoms with Crippen molar-refractivity contribution in [2.24, 2.45) is 11.8 Å². The second-order valence-corrected chi connectivity index (χ2v) is 14.2. The molecule has 298 valence electrons. The van der Waals surface area contributed by atoms with Gasteiger partial charge in [-0.25, -0.2) is 9.97 Å². The second kappa shape index (κ2) is 17.7. The molecule has 0 aliphatic heterocycles. The molecule has 8 nitrogen and oxygen atoms in total. The summed E-state index contributed by atoms with van der Waals surface area (Å²) >= 11 is 1.51. The van der Waals surface area contributed by atoms with Gasteiger partial charge in [-0.05, 0) is 98.7 Å². The van der Waals surface area contributed by atoms with Crippen LogP contribution in [0.2, 0.25) is 0 Å². The van der Waals surface area contributed by atoms with E-state index >= 15 is 0 Å². The van der Waals surface area contributed by atoms with Crippen LogP contribution in [0.1, 0.15) is 73.4 Å². The first kappa shape index (κ1) is 42.8. The topological polar surface area (TPSA) is 99.0 Å². The Morgan fingerprint density at radius 3 is 2.07 bits per heavy atom. The number of thioether (sulfide) groups is 1. The lowest BCUT2D eigenvalue weighted by atomic mass is 9.78. The van der Waals surface area contributed by atoms with Crippen molar-refractivity contribution in [2.75, 3.05) is 41.5 Å². The first-order valence-corrected chi connectivity index (χ1v) is 18.4. The zero-order chi connectivity index (χ0) is 40.0. The molecule has 1 aromatic heterocycles. The summed E-state index contributed by atoms with van der Waals surface area (Å²) in [5.74, 6) is -1.00. The molecule has 54 heavy (non-hydrogen) atoms. The molecule has 0 unspecified atom stereocenters. The molecular formula is C36H41F9N4O4S. The van der Waals surface area contributed by atoms with Gasteiger partial charge in [-0.3, -0.25) is 4.79 Å².